The maximum atomic E-state index is 3.38. The number of rotatable bonds is 1. The fourth-order valence-electron chi connectivity index (χ4n) is 1.52. The van der Waals surface area contributed by atoms with Crippen LogP contribution in [-0.2, 0) is 0 Å². The lowest BCUT2D eigenvalue weighted by atomic mass is 10.0. The molecule has 0 aliphatic carbocycles. The quantitative estimate of drug-likeness (QED) is 0.611. The van der Waals surface area contributed by atoms with E-state index in [-0.39, 0.29) is 0 Å². The SMILES string of the molecule is CN(C1CCNC1)C(C)(C)C. The van der Waals surface area contributed by atoms with Crippen LogP contribution >= 0.6 is 0 Å². The van der Waals surface area contributed by atoms with Crippen LogP contribution in [0, 0.1) is 0 Å². The van der Waals surface area contributed by atoms with Crippen molar-refractivity contribution in [2.24, 2.45) is 0 Å². The summed E-state index contributed by atoms with van der Waals surface area (Å²) < 4.78 is 0. The summed E-state index contributed by atoms with van der Waals surface area (Å²) in [4.78, 5) is 2.47. The number of nitrogens with zero attached hydrogens (tertiary/aromatic N) is 1. The molecule has 1 N–H and O–H groups in total. The van der Waals surface area contributed by atoms with Gasteiger partial charge in [-0.25, -0.2) is 0 Å². The van der Waals surface area contributed by atoms with Gasteiger partial charge in [-0.3, -0.25) is 4.90 Å². The lowest BCUT2D eigenvalue weighted by Crippen LogP contribution is -2.46. The molecular weight excluding hydrogens is 136 g/mol. The number of hydrogen-bond acceptors (Lipinski definition) is 2. The van der Waals surface area contributed by atoms with Crippen molar-refractivity contribution in [1.29, 1.82) is 0 Å². The summed E-state index contributed by atoms with van der Waals surface area (Å²) in [6.45, 7) is 9.15. The van der Waals surface area contributed by atoms with Gasteiger partial charge in [0.15, 0.2) is 0 Å². The molecule has 1 unspecified atom stereocenters. The fraction of sp³-hybridized carbons (Fsp3) is 1.00. The van der Waals surface area contributed by atoms with E-state index < -0.39 is 0 Å². The molecule has 1 fully saturated rings. The average molecular weight is 156 g/mol. The molecule has 1 heterocycles. The van der Waals surface area contributed by atoms with E-state index in [0.29, 0.717) is 5.54 Å². The van der Waals surface area contributed by atoms with E-state index in [2.05, 4.69) is 38.0 Å². The first-order valence-electron chi connectivity index (χ1n) is 4.45. The van der Waals surface area contributed by atoms with Crippen LogP contribution in [0.3, 0.4) is 0 Å². The Balaban J connectivity index is 2.46. The van der Waals surface area contributed by atoms with Gasteiger partial charge in [0.05, 0.1) is 0 Å². The van der Waals surface area contributed by atoms with E-state index in [1.165, 1.54) is 13.0 Å². The Morgan fingerprint density at radius 1 is 1.36 bits per heavy atom. The second-order valence-corrected chi connectivity index (χ2v) is 4.43. The summed E-state index contributed by atoms with van der Waals surface area (Å²) in [7, 11) is 2.22. The van der Waals surface area contributed by atoms with Crippen molar-refractivity contribution in [2.75, 3.05) is 20.1 Å². The maximum absolute atomic E-state index is 3.38. The molecule has 0 spiro atoms. The van der Waals surface area contributed by atoms with E-state index in [0.717, 1.165) is 12.6 Å². The Morgan fingerprint density at radius 3 is 2.36 bits per heavy atom. The molecule has 0 aromatic rings. The summed E-state index contributed by atoms with van der Waals surface area (Å²) in [5, 5.41) is 3.38. The third kappa shape index (κ3) is 2.17. The van der Waals surface area contributed by atoms with Gasteiger partial charge < -0.3 is 5.32 Å². The van der Waals surface area contributed by atoms with Crippen molar-refractivity contribution in [3.63, 3.8) is 0 Å². The molecule has 0 radical (unpaired) electrons. The molecule has 66 valence electrons. The van der Waals surface area contributed by atoms with Gasteiger partial charge in [0.2, 0.25) is 0 Å². The predicted octanol–water partition coefficient (Wildman–Crippen LogP) is 1.08. The predicted molar refractivity (Wildman–Crippen MR) is 48.8 cm³/mol. The molecule has 11 heavy (non-hydrogen) atoms. The summed E-state index contributed by atoms with van der Waals surface area (Å²) in [6.07, 6.45) is 1.30. The average Bonchev–Trinajstić information content (AvgIpc) is 2.34. The second kappa shape index (κ2) is 3.11. The molecule has 0 amide bonds. The van der Waals surface area contributed by atoms with Crippen LogP contribution in [0.1, 0.15) is 27.2 Å². The van der Waals surface area contributed by atoms with E-state index in [9.17, 15) is 0 Å². The zero-order chi connectivity index (χ0) is 8.48. The Labute approximate surface area is 70.0 Å². The lowest BCUT2D eigenvalue weighted by Gasteiger charge is -2.36. The first kappa shape index (κ1) is 9.01. The minimum Gasteiger partial charge on any atom is -0.315 e. The monoisotopic (exact) mass is 156 g/mol. The fourth-order valence-corrected chi connectivity index (χ4v) is 1.52. The Bertz CT molecular complexity index is 120. The van der Waals surface area contributed by atoms with Crippen LogP contribution in [0.4, 0.5) is 0 Å². The van der Waals surface area contributed by atoms with E-state index >= 15 is 0 Å². The molecule has 0 aromatic carbocycles. The van der Waals surface area contributed by atoms with Crippen LogP contribution in [0.2, 0.25) is 0 Å². The van der Waals surface area contributed by atoms with E-state index in [1.807, 2.05) is 0 Å². The molecule has 0 saturated carbocycles. The minimum atomic E-state index is 0.316. The first-order valence-corrected chi connectivity index (χ1v) is 4.45. The van der Waals surface area contributed by atoms with Gasteiger partial charge in [-0.15, -0.1) is 0 Å². The van der Waals surface area contributed by atoms with Gasteiger partial charge >= 0.3 is 0 Å². The highest BCUT2D eigenvalue weighted by atomic mass is 15.2. The van der Waals surface area contributed by atoms with Gasteiger partial charge in [0.1, 0.15) is 0 Å². The largest absolute Gasteiger partial charge is 0.315 e. The highest BCUT2D eigenvalue weighted by molar-refractivity contribution is 4.85. The summed E-state index contributed by atoms with van der Waals surface area (Å²) >= 11 is 0. The summed E-state index contributed by atoms with van der Waals surface area (Å²) in [5.74, 6) is 0. The molecule has 0 aromatic heterocycles. The maximum Gasteiger partial charge on any atom is 0.0234 e. The third-order valence-corrected chi connectivity index (χ3v) is 2.64. The van der Waals surface area contributed by atoms with Crippen molar-refractivity contribution in [3.05, 3.63) is 0 Å². The Morgan fingerprint density at radius 2 is 2.00 bits per heavy atom. The highest BCUT2D eigenvalue weighted by Gasteiger charge is 2.26. The number of likely N-dealkylation sites (N-methyl/N-ethyl adjacent to an activating group) is 1. The minimum absolute atomic E-state index is 0.316. The van der Waals surface area contributed by atoms with Crippen LogP contribution in [0.25, 0.3) is 0 Å². The van der Waals surface area contributed by atoms with Crippen molar-refractivity contribution >= 4 is 0 Å². The van der Waals surface area contributed by atoms with Crippen LogP contribution < -0.4 is 5.32 Å². The van der Waals surface area contributed by atoms with Gasteiger partial charge in [0, 0.05) is 18.1 Å². The van der Waals surface area contributed by atoms with Gasteiger partial charge in [-0.05, 0) is 40.8 Å². The van der Waals surface area contributed by atoms with Gasteiger partial charge in [0.25, 0.3) is 0 Å². The van der Waals surface area contributed by atoms with Crippen molar-refractivity contribution in [3.8, 4) is 0 Å². The molecule has 1 saturated heterocycles. The molecular formula is C9H20N2. The molecule has 2 heteroatoms. The van der Waals surface area contributed by atoms with Crippen molar-refractivity contribution in [1.82, 2.24) is 10.2 Å². The second-order valence-electron chi connectivity index (χ2n) is 4.43. The standard InChI is InChI=1S/C9H20N2/c1-9(2,3)11(4)8-5-6-10-7-8/h8,10H,5-7H2,1-4H3. The molecule has 1 rings (SSSR count). The third-order valence-electron chi connectivity index (χ3n) is 2.64. The lowest BCUT2D eigenvalue weighted by molar-refractivity contribution is 0.126. The van der Waals surface area contributed by atoms with Crippen molar-refractivity contribution in [2.45, 2.75) is 38.8 Å². The Kier molecular flexibility index (Phi) is 2.55. The van der Waals surface area contributed by atoms with Crippen LogP contribution in [0.15, 0.2) is 0 Å². The van der Waals surface area contributed by atoms with Crippen LogP contribution in [-0.4, -0.2) is 36.6 Å². The number of hydrogen-bond donors (Lipinski definition) is 1. The molecule has 1 aliphatic rings. The highest BCUT2D eigenvalue weighted by Crippen LogP contribution is 2.17. The molecule has 0 bridgehead atoms. The molecule has 1 aliphatic heterocycles. The summed E-state index contributed by atoms with van der Waals surface area (Å²) in [5.41, 5.74) is 0.316. The first-order chi connectivity index (χ1) is 5.02. The molecule has 2 nitrogen and oxygen atoms in total. The van der Waals surface area contributed by atoms with E-state index in [4.69, 9.17) is 0 Å². The summed E-state index contributed by atoms with van der Waals surface area (Å²) in [6, 6.07) is 0.745. The number of nitrogens with one attached hydrogen (secondary N) is 1. The zero-order valence-corrected chi connectivity index (χ0v) is 8.15. The van der Waals surface area contributed by atoms with Crippen molar-refractivity contribution < 1.29 is 0 Å². The smallest absolute Gasteiger partial charge is 0.0234 e. The normalized spacial score (nSPS) is 26.5. The molecule has 1 atom stereocenters. The zero-order valence-electron chi connectivity index (χ0n) is 8.15. The van der Waals surface area contributed by atoms with Gasteiger partial charge in [-0.2, -0.15) is 0 Å². The Hall–Kier alpha value is -0.0800. The topological polar surface area (TPSA) is 15.3 Å². The van der Waals surface area contributed by atoms with Crippen LogP contribution in [0.5, 0.6) is 0 Å². The van der Waals surface area contributed by atoms with Gasteiger partial charge in [-0.1, -0.05) is 0 Å². The van der Waals surface area contributed by atoms with E-state index in [1.54, 1.807) is 0 Å².